The van der Waals surface area contributed by atoms with Crippen LogP contribution in [0.4, 0.5) is 11.5 Å². The first-order chi connectivity index (χ1) is 13.4. The van der Waals surface area contributed by atoms with Crippen LogP contribution >= 0.6 is 11.6 Å². The van der Waals surface area contributed by atoms with Gasteiger partial charge in [-0.3, -0.25) is 4.99 Å². The number of hydrogen-bond acceptors (Lipinski definition) is 10. The van der Waals surface area contributed by atoms with Crippen LogP contribution in [0.15, 0.2) is 4.99 Å². The maximum atomic E-state index is 10.4. The lowest BCUT2D eigenvalue weighted by Crippen LogP contribution is -2.49. The number of aliphatic hydroxyl groups excluding tert-OH is 2. The number of aromatic nitrogens is 2. The summed E-state index contributed by atoms with van der Waals surface area (Å²) in [5.74, 6) is 0.530. The molecule has 0 radical (unpaired) electrons. The number of aliphatic imine (C=N–C) groups is 1. The van der Waals surface area contributed by atoms with E-state index in [-0.39, 0.29) is 5.28 Å². The van der Waals surface area contributed by atoms with Gasteiger partial charge in [0.2, 0.25) is 5.28 Å². The Balaban J connectivity index is 1.55. The molecule has 3 N–H and O–H groups in total. The van der Waals surface area contributed by atoms with Gasteiger partial charge in [-0.2, -0.15) is 4.98 Å². The molecule has 1 aromatic rings. The van der Waals surface area contributed by atoms with Crippen molar-refractivity contribution in [3.8, 4) is 0 Å². The van der Waals surface area contributed by atoms with Crippen molar-refractivity contribution >= 4 is 41.5 Å². The predicted molar refractivity (Wildman–Crippen MR) is 100 cm³/mol. The summed E-state index contributed by atoms with van der Waals surface area (Å²) in [6.45, 7) is -1.07. The lowest BCUT2D eigenvalue weighted by atomic mass is 9.43. The zero-order valence-electron chi connectivity index (χ0n) is 14.8. The molecule has 11 nitrogen and oxygen atoms in total. The SMILES string of the molecule is O=[N+]([O-])OC[C@H]1O[C@@H](B2C=Nc3c(NC4CCCC4)nc(Cl)nc32)[C@H](O)[C@@H]1O. The van der Waals surface area contributed by atoms with Crippen LogP contribution in [-0.4, -0.2) is 75.1 Å². The van der Waals surface area contributed by atoms with E-state index >= 15 is 0 Å². The topological polar surface area (TPSA) is 152 Å². The summed E-state index contributed by atoms with van der Waals surface area (Å²) in [5, 5.41) is 33.4. The van der Waals surface area contributed by atoms with Gasteiger partial charge in [0.25, 0.3) is 11.8 Å². The number of halogens is 1. The zero-order chi connectivity index (χ0) is 19.8. The van der Waals surface area contributed by atoms with Gasteiger partial charge in [-0.1, -0.05) is 12.8 Å². The number of rotatable bonds is 6. The quantitative estimate of drug-likeness (QED) is 0.247. The van der Waals surface area contributed by atoms with E-state index in [1.807, 2.05) is 0 Å². The fourth-order valence-corrected chi connectivity index (χ4v) is 4.16. The van der Waals surface area contributed by atoms with Gasteiger partial charge >= 0.3 is 0 Å². The summed E-state index contributed by atoms with van der Waals surface area (Å²) in [5.41, 5.74) is 1.00. The highest BCUT2D eigenvalue weighted by atomic mass is 35.5. The number of hydrogen-bond donors (Lipinski definition) is 3. The smallest absolute Gasteiger partial charge is 0.294 e. The summed E-state index contributed by atoms with van der Waals surface area (Å²) < 4.78 is 5.65. The first-order valence-electron chi connectivity index (χ1n) is 9.11. The van der Waals surface area contributed by atoms with E-state index in [4.69, 9.17) is 16.3 Å². The van der Waals surface area contributed by atoms with Gasteiger partial charge < -0.3 is 25.1 Å². The lowest BCUT2D eigenvalue weighted by molar-refractivity contribution is -0.759. The summed E-state index contributed by atoms with van der Waals surface area (Å²) in [7, 11) is 0. The van der Waals surface area contributed by atoms with Gasteiger partial charge in [0, 0.05) is 11.6 Å². The van der Waals surface area contributed by atoms with Crippen molar-refractivity contribution in [2.45, 2.75) is 56.0 Å². The Hall–Kier alpha value is -2.02. The van der Waals surface area contributed by atoms with E-state index in [9.17, 15) is 20.3 Å². The van der Waals surface area contributed by atoms with E-state index in [0.717, 1.165) is 25.7 Å². The molecule has 4 rings (SSSR count). The summed E-state index contributed by atoms with van der Waals surface area (Å²) in [6.07, 6.45) is 2.27. The van der Waals surface area contributed by atoms with Crippen LogP contribution in [0.5, 0.6) is 0 Å². The van der Waals surface area contributed by atoms with Crippen molar-refractivity contribution in [3.63, 3.8) is 0 Å². The highest BCUT2D eigenvalue weighted by Crippen LogP contribution is 2.32. The Morgan fingerprint density at radius 1 is 1.36 bits per heavy atom. The molecule has 0 unspecified atom stereocenters. The van der Waals surface area contributed by atoms with E-state index < -0.39 is 42.7 Å². The molecule has 0 bridgehead atoms. The Kier molecular flexibility index (Phi) is 5.36. The molecule has 1 saturated heterocycles. The molecule has 1 saturated carbocycles. The molecule has 2 aliphatic heterocycles. The molecule has 0 aromatic carbocycles. The van der Waals surface area contributed by atoms with Gasteiger partial charge in [-0.05, 0) is 30.6 Å². The van der Waals surface area contributed by atoms with Crippen molar-refractivity contribution in [1.29, 1.82) is 0 Å². The standard InChI is InChI=1S/C15H19BClN5O6/c17-15-20-12-9(14(21-15)19-7-3-1-2-4-7)18-6-16(12)13-11(24)10(23)8(28-13)5-27-22(25)26/h6-8,10-11,13,23-24H,1-5H2,(H,19,20,21)/t8-,10-,11-,13-/m1/s1. The van der Waals surface area contributed by atoms with Crippen molar-refractivity contribution in [2.75, 3.05) is 11.9 Å². The minimum atomic E-state index is -1.34. The molecule has 3 aliphatic rings. The Labute approximate surface area is 165 Å². The number of nitrogens with zero attached hydrogens (tertiary/aromatic N) is 4. The second-order valence-corrected chi connectivity index (χ2v) is 7.48. The fraction of sp³-hybridized carbons (Fsp3) is 0.667. The molecule has 0 amide bonds. The van der Waals surface area contributed by atoms with Crippen LogP contribution in [0, 0.1) is 10.1 Å². The molecule has 4 atom stereocenters. The minimum Gasteiger partial charge on any atom is -0.388 e. The fourth-order valence-electron chi connectivity index (χ4n) is 3.98. The second kappa shape index (κ2) is 7.78. The van der Waals surface area contributed by atoms with Gasteiger partial charge in [0.05, 0.1) is 6.00 Å². The van der Waals surface area contributed by atoms with Crippen molar-refractivity contribution in [1.82, 2.24) is 9.97 Å². The lowest BCUT2D eigenvalue weighted by Gasteiger charge is -2.19. The third kappa shape index (κ3) is 3.64. The van der Waals surface area contributed by atoms with E-state index in [0.29, 0.717) is 23.1 Å². The highest BCUT2D eigenvalue weighted by Gasteiger charge is 2.50. The van der Waals surface area contributed by atoms with Crippen LogP contribution in [0.25, 0.3) is 0 Å². The molecule has 13 heteroatoms. The van der Waals surface area contributed by atoms with Crippen molar-refractivity contribution in [2.24, 2.45) is 4.99 Å². The third-order valence-electron chi connectivity index (χ3n) is 5.36. The average Bonchev–Trinajstić information content (AvgIpc) is 3.35. The molecular formula is C15H19BClN5O6. The molecular weight excluding hydrogens is 392 g/mol. The Morgan fingerprint density at radius 2 is 2.11 bits per heavy atom. The van der Waals surface area contributed by atoms with E-state index in [1.54, 1.807) is 6.11 Å². The number of aliphatic hydroxyl groups is 2. The van der Waals surface area contributed by atoms with Gasteiger partial charge in [0.15, 0.2) is 5.82 Å². The third-order valence-corrected chi connectivity index (χ3v) is 5.53. The normalized spacial score (nSPS) is 29.3. The molecule has 1 aliphatic carbocycles. The van der Waals surface area contributed by atoms with Crippen LogP contribution < -0.4 is 10.9 Å². The van der Waals surface area contributed by atoms with Crippen molar-refractivity contribution in [3.05, 3.63) is 15.4 Å². The van der Waals surface area contributed by atoms with Gasteiger partial charge in [0.1, 0.15) is 30.6 Å². The second-order valence-electron chi connectivity index (χ2n) is 7.14. The monoisotopic (exact) mass is 411 g/mol. The molecule has 150 valence electrons. The Bertz CT molecular complexity index is 794. The number of ether oxygens (including phenoxy) is 1. The maximum Gasteiger partial charge on any atom is 0.294 e. The predicted octanol–water partition coefficient (Wildman–Crippen LogP) is -0.322. The number of nitrogens with one attached hydrogen (secondary N) is 1. The van der Waals surface area contributed by atoms with Crippen molar-refractivity contribution < 1.29 is 24.9 Å². The summed E-state index contributed by atoms with van der Waals surface area (Å²) >= 11 is 6.10. The first kappa shape index (κ1) is 19.3. The van der Waals surface area contributed by atoms with Gasteiger partial charge in [-0.15, -0.1) is 10.1 Å². The molecule has 2 fully saturated rings. The molecule has 3 heterocycles. The summed E-state index contributed by atoms with van der Waals surface area (Å²) in [4.78, 5) is 27.5. The van der Waals surface area contributed by atoms with Crippen LogP contribution in [0.1, 0.15) is 25.7 Å². The average molecular weight is 412 g/mol. The van der Waals surface area contributed by atoms with Crippen LogP contribution in [-0.2, 0) is 9.57 Å². The van der Waals surface area contributed by atoms with Crippen LogP contribution in [0.2, 0.25) is 5.28 Å². The number of fused-ring (bicyclic) bond motifs is 1. The van der Waals surface area contributed by atoms with Gasteiger partial charge in [-0.25, -0.2) is 4.98 Å². The Morgan fingerprint density at radius 3 is 2.82 bits per heavy atom. The summed E-state index contributed by atoms with van der Waals surface area (Å²) in [6, 6.07) is -0.603. The minimum absolute atomic E-state index is 0.0380. The largest absolute Gasteiger partial charge is 0.388 e. The zero-order valence-corrected chi connectivity index (χ0v) is 15.5. The van der Waals surface area contributed by atoms with E-state index in [1.165, 1.54) is 0 Å². The van der Waals surface area contributed by atoms with E-state index in [2.05, 4.69) is 25.1 Å². The highest BCUT2D eigenvalue weighted by molar-refractivity contribution is 6.98. The first-order valence-corrected chi connectivity index (χ1v) is 9.49. The number of anilines is 1. The van der Waals surface area contributed by atoms with Crippen LogP contribution in [0.3, 0.4) is 0 Å². The molecule has 0 spiro atoms. The maximum absolute atomic E-state index is 10.4. The molecule has 28 heavy (non-hydrogen) atoms. The molecule has 1 aromatic heterocycles.